The van der Waals surface area contributed by atoms with Gasteiger partial charge in [0.1, 0.15) is 0 Å². The molecule has 118 valence electrons. The molecule has 0 fully saturated rings. The number of hydrogen-bond donors (Lipinski definition) is 2. The van der Waals surface area contributed by atoms with Crippen molar-refractivity contribution in [3.8, 4) is 0 Å². The Labute approximate surface area is 139 Å². The van der Waals surface area contributed by atoms with Crippen molar-refractivity contribution in [2.75, 3.05) is 10.6 Å². The van der Waals surface area contributed by atoms with Crippen LogP contribution < -0.4 is 16.0 Å². The zero-order chi connectivity index (χ0) is 16.8. The molecule has 0 aliphatic heterocycles. The zero-order valence-corrected chi connectivity index (χ0v) is 13.2. The van der Waals surface area contributed by atoms with Gasteiger partial charge in [-0.1, -0.05) is 29.8 Å². The summed E-state index contributed by atoms with van der Waals surface area (Å²) in [7, 11) is 0. The molecule has 0 unspecified atom stereocenters. The molecule has 2 aromatic carbocycles. The van der Waals surface area contributed by atoms with Gasteiger partial charge in [0.15, 0.2) is 0 Å². The predicted molar refractivity (Wildman–Crippen MR) is 93.0 cm³/mol. The van der Waals surface area contributed by atoms with Crippen molar-refractivity contribution in [3.63, 3.8) is 0 Å². The molecule has 0 aliphatic rings. The highest BCUT2D eigenvalue weighted by molar-refractivity contribution is 6.30. The van der Waals surface area contributed by atoms with Crippen LogP contribution in [0.5, 0.6) is 0 Å². The summed E-state index contributed by atoms with van der Waals surface area (Å²) in [5.74, 6) is -0.413. The number of amides is 3. The van der Waals surface area contributed by atoms with Crippen LogP contribution in [0.15, 0.2) is 54.7 Å². The van der Waals surface area contributed by atoms with Crippen molar-refractivity contribution in [2.24, 2.45) is 0 Å². The van der Waals surface area contributed by atoms with Crippen LogP contribution in [0.2, 0.25) is 5.02 Å². The summed E-state index contributed by atoms with van der Waals surface area (Å²) >= 11 is 5.89. The van der Waals surface area contributed by atoms with Gasteiger partial charge in [0.25, 0.3) is 0 Å². The summed E-state index contributed by atoms with van der Waals surface area (Å²) in [5.41, 5.74) is 7.40. The summed E-state index contributed by atoms with van der Waals surface area (Å²) in [6, 6.07) is 13.1. The molecule has 0 heterocycles. The molecule has 5 nitrogen and oxygen atoms in total. The van der Waals surface area contributed by atoms with Crippen molar-refractivity contribution in [3.05, 3.63) is 65.3 Å². The van der Waals surface area contributed by atoms with E-state index in [-0.39, 0.29) is 0 Å². The van der Waals surface area contributed by atoms with Gasteiger partial charge in [-0.25, -0.2) is 9.69 Å². The van der Waals surface area contributed by atoms with Gasteiger partial charge >= 0.3 is 6.03 Å². The molecule has 0 bridgehead atoms. The van der Waals surface area contributed by atoms with E-state index in [1.807, 2.05) is 6.07 Å². The lowest BCUT2D eigenvalue weighted by atomic mass is 10.2. The molecule has 0 aliphatic carbocycles. The Morgan fingerprint density at radius 2 is 1.91 bits per heavy atom. The van der Waals surface area contributed by atoms with E-state index in [0.717, 1.165) is 10.5 Å². The maximum Gasteiger partial charge on any atom is 0.332 e. The van der Waals surface area contributed by atoms with E-state index in [9.17, 15) is 9.59 Å². The number of imide groups is 1. The van der Waals surface area contributed by atoms with Gasteiger partial charge in [0.05, 0.1) is 5.69 Å². The number of nitrogens with two attached hydrogens (primary N) is 1. The number of carbonyl (C=O) groups excluding carboxylic acids is 2. The maximum absolute atomic E-state index is 12.2. The minimum Gasteiger partial charge on any atom is -0.399 e. The minimum atomic E-state index is -0.568. The lowest BCUT2D eigenvalue weighted by molar-refractivity contribution is -0.115. The quantitative estimate of drug-likeness (QED) is 0.844. The van der Waals surface area contributed by atoms with E-state index in [1.165, 1.54) is 13.1 Å². The average molecular weight is 330 g/mol. The predicted octanol–water partition coefficient (Wildman–Crippen LogP) is 3.66. The second-order valence-electron chi connectivity index (χ2n) is 4.79. The van der Waals surface area contributed by atoms with Crippen molar-refractivity contribution in [1.82, 2.24) is 5.32 Å². The first kappa shape index (κ1) is 16.6. The lowest BCUT2D eigenvalue weighted by Gasteiger charge is -2.19. The average Bonchev–Trinajstić information content (AvgIpc) is 2.47. The van der Waals surface area contributed by atoms with E-state index in [4.69, 9.17) is 17.3 Å². The highest BCUT2D eigenvalue weighted by atomic mass is 35.5. The Morgan fingerprint density at radius 1 is 1.17 bits per heavy atom. The first-order valence-electron chi connectivity index (χ1n) is 6.86. The van der Waals surface area contributed by atoms with E-state index < -0.39 is 11.9 Å². The second kappa shape index (κ2) is 7.47. The Morgan fingerprint density at radius 3 is 2.57 bits per heavy atom. The zero-order valence-electron chi connectivity index (χ0n) is 12.5. The first-order valence-corrected chi connectivity index (χ1v) is 7.24. The largest absolute Gasteiger partial charge is 0.399 e. The summed E-state index contributed by atoms with van der Waals surface area (Å²) in [5, 5.41) is 3.15. The summed E-state index contributed by atoms with van der Waals surface area (Å²) in [4.78, 5) is 25.0. The van der Waals surface area contributed by atoms with E-state index in [0.29, 0.717) is 16.4 Å². The van der Waals surface area contributed by atoms with E-state index in [1.54, 1.807) is 48.5 Å². The number of carbonyl (C=O) groups is 2. The Hall–Kier alpha value is -2.79. The molecular weight excluding hydrogens is 314 g/mol. The topological polar surface area (TPSA) is 75.4 Å². The molecular formula is C17H16ClN3O2. The number of anilines is 2. The highest BCUT2D eigenvalue weighted by Crippen LogP contribution is 2.18. The van der Waals surface area contributed by atoms with Gasteiger partial charge in [0, 0.05) is 23.8 Å². The summed E-state index contributed by atoms with van der Waals surface area (Å²) in [6.45, 7) is 1.31. The van der Waals surface area contributed by atoms with Gasteiger partial charge in [-0.3, -0.25) is 4.79 Å². The molecule has 6 heteroatoms. The number of benzene rings is 2. The highest BCUT2D eigenvalue weighted by Gasteiger charge is 2.19. The Balaban J connectivity index is 2.12. The fourth-order valence-electron chi connectivity index (χ4n) is 1.99. The van der Waals surface area contributed by atoms with Crippen molar-refractivity contribution >= 4 is 41.0 Å². The van der Waals surface area contributed by atoms with Crippen molar-refractivity contribution in [2.45, 2.75) is 6.92 Å². The van der Waals surface area contributed by atoms with E-state index in [2.05, 4.69) is 5.32 Å². The molecule has 0 saturated heterocycles. The number of rotatable bonds is 3. The molecule has 3 N–H and O–H groups in total. The third-order valence-corrected chi connectivity index (χ3v) is 3.21. The second-order valence-corrected chi connectivity index (χ2v) is 5.22. The van der Waals surface area contributed by atoms with Crippen LogP contribution in [-0.2, 0) is 4.79 Å². The van der Waals surface area contributed by atoms with Gasteiger partial charge in [-0.2, -0.15) is 0 Å². The van der Waals surface area contributed by atoms with Gasteiger partial charge < -0.3 is 11.1 Å². The molecule has 0 spiro atoms. The van der Waals surface area contributed by atoms with Gasteiger partial charge in [0.2, 0.25) is 5.91 Å². The molecule has 0 radical (unpaired) electrons. The number of halogens is 1. The Kier molecular flexibility index (Phi) is 5.38. The molecule has 0 atom stereocenters. The van der Waals surface area contributed by atoms with Crippen LogP contribution in [0.4, 0.5) is 16.2 Å². The monoisotopic (exact) mass is 329 g/mol. The van der Waals surface area contributed by atoms with E-state index >= 15 is 0 Å². The van der Waals surface area contributed by atoms with Crippen LogP contribution in [0.1, 0.15) is 12.5 Å². The van der Waals surface area contributed by atoms with Crippen LogP contribution in [0.3, 0.4) is 0 Å². The summed E-state index contributed by atoms with van der Waals surface area (Å²) in [6.07, 6.45) is 3.14. The molecule has 23 heavy (non-hydrogen) atoms. The van der Waals surface area contributed by atoms with Crippen molar-refractivity contribution < 1.29 is 9.59 Å². The Bertz CT molecular complexity index is 759. The number of hydrogen-bond acceptors (Lipinski definition) is 3. The number of nitrogens with one attached hydrogen (secondary N) is 1. The van der Waals surface area contributed by atoms with Crippen LogP contribution in [0.25, 0.3) is 6.08 Å². The third kappa shape index (κ3) is 4.59. The molecule has 2 aromatic rings. The number of urea groups is 1. The fourth-order valence-corrected chi connectivity index (χ4v) is 2.19. The van der Waals surface area contributed by atoms with Crippen LogP contribution in [-0.4, -0.2) is 11.9 Å². The van der Waals surface area contributed by atoms with Crippen molar-refractivity contribution in [1.29, 1.82) is 0 Å². The molecule has 3 amide bonds. The molecule has 2 rings (SSSR count). The summed E-state index contributed by atoms with van der Waals surface area (Å²) < 4.78 is 0. The SMILES string of the molecule is CC(=O)N(C(=O)N/C=C/c1cccc(Cl)c1)c1cccc(N)c1. The number of nitrogens with zero attached hydrogens (tertiary/aromatic N) is 1. The first-order chi connectivity index (χ1) is 11.0. The smallest absolute Gasteiger partial charge is 0.332 e. The third-order valence-electron chi connectivity index (χ3n) is 2.98. The lowest BCUT2D eigenvalue weighted by Crippen LogP contribution is -2.41. The number of nitrogen functional groups attached to an aromatic ring is 1. The fraction of sp³-hybridized carbons (Fsp3) is 0.0588. The van der Waals surface area contributed by atoms with Gasteiger partial charge in [-0.05, 0) is 42.0 Å². The molecule has 0 aromatic heterocycles. The van der Waals surface area contributed by atoms with Crippen LogP contribution >= 0.6 is 11.6 Å². The minimum absolute atomic E-state index is 0.408. The molecule has 0 saturated carbocycles. The maximum atomic E-state index is 12.2. The van der Waals surface area contributed by atoms with Gasteiger partial charge in [-0.15, -0.1) is 0 Å². The normalized spacial score (nSPS) is 10.5. The van der Waals surface area contributed by atoms with Crippen LogP contribution in [0, 0.1) is 0 Å². The standard InChI is InChI=1S/C17H16ClN3O2/c1-12(22)21(16-7-3-6-15(19)11-16)17(23)20-9-8-13-4-2-5-14(18)10-13/h2-11H,19H2,1H3,(H,20,23)/b9-8+.